The highest BCUT2D eigenvalue weighted by atomic mass is 19.1. The summed E-state index contributed by atoms with van der Waals surface area (Å²) in [6.07, 6.45) is 0. The lowest BCUT2D eigenvalue weighted by atomic mass is 10.1. The lowest BCUT2D eigenvalue weighted by Gasteiger charge is -2.14. The fourth-order valence-corrected chi connectivity index (χ4v) is 2.31. The van der Waals surface area contributed by atoms with E-state index in [1.807, 2.05) is 0 Å². The number of rotatable bonds is 4. The van der Waals surface area contributed by atoms with E-state index in [-0.39, 0.29) is 12.1 Å². The normalized spacial score (nSPS) is 10.8. The van der Waals surface area contributed by atoms with Crippen LogP contribution in [0.1, 0.15) is 11.1 Å². The summed E-state index contributed by atoms with van der Waals surface area (Å²) in [5, 5.41) is 49.6. The van der Waals surface area contributed by atoms with Gasteiger partial charge < -0.3 is 20.2 Å². The molecule has 30 heavy (non-hydrogen) atoms. The van der Waals surface area contributed by atoms with Crippen molar-refractivity contribution < 1.29 is 29.4 Å². The molecule has 1 amide bonds. The quantitative estimate of drug-likeness (QED) is 0.133. The van der Waals surface area contributed by atoms with Gasteiger partial charge in [0.25, 0.3) is 5.91 Å². The molecule has 2 aromatic carbocycles. The highest BCUT2D eigenvalue weighted by Crippen LogP contribution is 2.38. The van der Waals surface area contributed by atoms with Crippen LogP contribution in [-0.4, -0.2) is 44.6 Å². The van der Waals surface area contributed by atoms with Crippen LogP contribution in [0.4, 0.5) is 10.1 Å². The zero-order valence-electron chi connectivity index (χ0n) is 15.5. The molecule has 0 aliphatic heterocycles. The number of hydrogen-bond acceptors (Lipinski definition) is 7. The maximum absolute atomic E-state index is 13.5. The molecule has 152 valence electrons. The Kier molecular flexibility index (Phi) is 6.58. The second-order valence-electron chi connectivity index (χ2n) is 5.90. The van der Waals surface area contributed by atoms with Crippen molar-refractivity contribution >= 4 is 17.4 Å². The first-order chi connectivity index (χ1) is 14.2. The van der Waals surface area contributed by atoms with E-state index in [2.05, 4.69) is 11.8 Å². The molecule has 0 aliphatic rings. The Balaban J connectivity index is 2.33. The van der Waals surface area contributed by atoms with Crippen molar-refractivity contribution in [3.05, 3.63) is 69.0 Å². The maximum atomic E-state index is 13.5. The number of nitriles is 1. The first-order valence-corrected chi connectivity index (χ1v) is 8.20. The van der Waals surface area contributed by atoms with Gasteiger partial charge in [0.05, 0.1) is 17.0 Å². The summed E-state index contributed by atoms with van der Waals surface area (Å²) in [5.74, 6) is 0.713. The number of aromatic hydroxyl groups is 2. The van der Waals surface area contributed by atoms with E-state index in [4.69, 9.17) is 0 Å². The van der Waals surface area contributed by atoms with Crippen LogP contribution in [0.15, 0.2) is 42.0 Å². The van der Waals surface area contributed by atoms with Crippen molar-refractivity contribution in [2.75, 3.05) is 13.6 Å². The van der Waals surface area contributed by atoms with Gasteiger partial charge in [-0.15, -0.1) is 0 Å². The molecule has 0 saturated heterocycles. The van der Waals surface area contributed by atoms with Crippen molar-refractivity contribution in [3.63, 3.8) is 0 Å². The molecule has 0 heterocycles. The van der Waals surface area contributed by atoms with Crippen LogP contribution in [0.2, 0.25) is 0 Å². The van der Waals surface area contributed by atoms with Crippen LogP contribution in [0.5, 0.6) is 11.5 Å². The number of aliphatic hydroxyl groups excluding tert-OH is 1. The lowest BCUT2D eigenvalue weighted by molar-refractivity contribution is -0.386. The summed E-state index contributed by atoms with van der Waals surface area (Å²) < 4.78 is 13.5. The molecule has 0 spiro atoms. The summed E-state index contributed by atoms with van der Waals surface area (Å²) in [6, 6.07) is 8.71. The van der Waals surface area contributed by atoms with Crippen molar-refractivity contribution in [1.82, 2.24) is 4.90 Å². The Labute approximate surface area is 169 Å². The van der Waals surface area contributed by atoms with Gasteiger partial charge in [0.2, 0.25) is 5.75 Å². The highest BCUT2D eigenvalue weighted by Gasteiger charge is 2.24. The smallest absolute Gasteiger partial charge is 0.315 e. The summed E-state index contributed by atoms with van der Waals surface area (Å²) in [6.45, 7) is -0.216. The Bertz CT molecular complexity index is 1160. The largest absolute Gasteiger partial charge is 0.506 e. The number of nitrogens with zero attached hydrogens (tertiary/aromatic N) is 3. The molecule has 2 aromatic rings. The van der Waals surface area contributed by atoms with Crippen LogP contribution in [0.3, 0.4) is 0 Å². The Morgan fingerprint density at radius 2 is 1.97 bits per heavy atom. The number of phenolic OH excluding ortho intramolecular Hbond substituents is 2. The van der Waals surface area contributed by atoms with Gasteiger partial charge in [-0.3, -0.25) is 14.9 Å². The minimum Gasteiger partial charge on any atom is -0.506 e. The number of hydrogen-bond donors (Lipinski definition) is 3. The second kappa shape index (κ2) is 9.08. The zero-order chi connectivity index (χ0) is 22.4. The summed E-state index contributed by atoms with van der Waals surface area (Å²) >= 11 is 0. The molecule has 0 aromatic heterocycles. The Morgan fingerprint density at radius 1 is 1.30 bits per heavy atom. The SMILES string of the molecule is CN(CC#Cc1ccccc1F)C(=O)/C(C#N)=C(\O)c1cc(O)c(O)c([N+](=O)[O-])c1. The number of aliphatic hydroxyl groups is 1. The van der Waals surface area contributed by atoms with Crippen LogP contribution in [0, 0.1) is 39.1 Å². The van der Waals surface area contributed by atoms with Crippen LogP contribution in [-0.2, 0) is 4.79 Å². The third-order valence-electron chi connectivity index (χ3n) is 3.86. The molecule has 10 heteroatoms. The number of carbonyl (C=O) groups excluding carboxylic acids is 1. The molecule has 0 unspecified atom stereocenters. The molecule has 2 rings (SSSR count). The van der Waals surface area contributed by atoms with Crippen LogP contribution < -0.4 is 0 Å². The van der Waals surface area contributed by atoms with Gasteiger partial charge >= 0.3 is 5.69 Å². The first kappa shape index (κ1) is 21.7. The van der Waals surface area contributed by atoms with Crippen molar-refractivity contribution in [2.45, 2.75) is 0 Å². The van der Waals surface area contributed by atoms with Gasteiger partial charge in [-0.1, -0.05) is 24.0 Å². The lowest BCUT2D eigenvalue weighted by Crippen LogP contribution is -2.28. The van der Waals surface area contributed by atoms with Gasteiger partial charge in [-0.2, -0.15) is 5.26 Å². The molecule has 9 nitrogen and oxygen atoms in total. The molecule has 0 radical (unpaired) electrons. The Hall–Kier alpha value is -4.57. The number of carbonyl (C=O) groups is 1. The van der Waals surface area contributed by atoms with E-state index in [1.54, 1.807) is 6.07 Å². The molecule has 0 atom stereocenters. The van der Waals surface area contributed by atoms with Crippen molar-refractivity contribution in [2.24, 2.45) is 0 Å². The third kappa shape index (κ3) is 4.64. The predicted octanol–water partition coefficient (Wildman–Crippen LogP) is 2.45. The molecule has 0 aliphatic carbocycles. The zero-order valence-corrected chi connectivity index (χ0v) is 15.5. The van der Waals surface area contributed by atoms with E-state index in [0.717, 1.165) is 11.0 Å². The average Bonchev–Trinajstić information content (AvgIpc) is 2.71. The number of nitro benzene ring substituents is 1. The molecular formula is C20H14FN3O6. The summed E-state index contributed by atoms with van der Waals surface area (Å²) in [4.78, 5) is 23.4. The number of nitro groups is 1. The molecule has 0 saturated carbocycles. The topological polar surface area (TPSA) is 148 Å². The maximum Gasteiger partial charge on any atom is 0.315 e. The summed E-state index contributed by atoms with van der Waals surface area (Å²) in [5.41, 5.74) is -2.01. The van der Waals surface area contributed by atoms with Gasteiger partial charge in [-0.25, -0.2) is 4.39 Å². The second-order valence-corrected chi connectivity index (χ2v) is 5.90. The monoisotopic (exact) mass is 411 g/mol. The Morgan fingerprint density at radius 3 is 2.57 bits per heavy atom. The van der Waals surface area contributed by atoms with Crippen LogP contribution >= 0.6 is 0 Å². The van der Waals surface area contributed by atoms with E-state index >= 15 is 0 Å². The fraction of sp³-hybridized carbons (Fsp3) is 0.100. The van der Waals surface area contributed by atoms with Gasteiger partial charge in [0.1, 0.15) is 17.6 Å². The van der Waals surface area contributed by atoms with Crippen LogP contribution in [0.25, 0.3) is 5.76 Å². The highest BCUT2D eigenvalue weighted by molar-refractivity contribution is 6.03. The third-order valence-corrected chi connectivity index (χ3v) is 3.86. The molecule has 0 fully saturated rings. The molecular weight excluding hydrogens is 397 g/mol. The standard InChI is InChI=1S/C20H14FN3O6/c1-23(8-4-6-12-5-2-3-7-15(12)21)20(28)14(11-22)18(26)13-9-16(24(29)30)19(27)17(25)10-13/h2-3,5,7,9-10,25-27H,8H2,1H3/b18-14-. The minimum absolute atomic E-state index is 0.115. The van der Waals surface area contributed by atoms with E-state index in [0.29, 0.717) is 6.07 Å². The molecule has 0 bridgehead atoms. The number of benzene rings is 2. The number of amides is 1. The van der Waals surface area contributed by atoms with Gasteiger partial charge in [-0.05, 0) is 18.2 Å². The van der Waals surface area contributed by atoms with Crippen molar-refractivity contribution in [1.29, 1.82) is 5.26 Å². The predicted molar refractivity (Wildman–Crippen MR) is 103 cm³/mol. The molecule has 3 N–H and O–H groups in total. The number of likely N-dealkylation sites (N-methyl/N-ethyl adjacent to an activating group) is 1. The fourth-order valence-electron chi connectivity index (χ4n) is 2.31. The van der Waals surface area contributed by atoms with E-state index < -0.39 is 50.7 Å². The average molecular weight is 411 g/mol. The summed E-state index contributed by atoms with van der Waals surface area (Å²) in [7, 11) is 1.28. The number of halogens is 1. The van der Waals surface area contributed by atoms with Gasteiger partial charge in [0.15, 0.2) is 11.3 Å². The van der Waals surface area contributed by atoms with Gasteiger partial charge in [0, 0.05) is 18.7 Å². The van der Waals surface area contributed by atoms with E-state index in [9.17, 15) is 39.9 Å². The minimum atomic E-state index is -1.03. The van der Waals surface area contributed by atoms with Crippen molar-refractivity contribution in [3.8, 4) is 29.4 Å². The van der Waals surface area contributed by atoms with E-state index in [1.165, 1.54) is 31.3 Å². The number of phenols is 2. The first-order valence-electron chi connectivity index (χ1n) is 8.20.